The third-order valence-corrected chi connectivity index (χ3v) is 3.62. The van der Waals surface area contributed by atoms with Crippen molar-refractivity contribution in [2.75, 3.05) is 5.73 Å². The van der Waals surface area contributed by atoms with Gasteiger partial charge in [0.15, 0.2) is 5.75 Å². The number of rotatable bonds is 2. The maximum Gasteiger partial charge on any atom is 0.163 e. The Bertz CT molecular complexity index is 739. The van der Waals surface area contributed by atoms with Gasteiger partial charge in [-0.25, -0.2) is 0 Å². The van der Waals surface area contributed by atoms with Gasteiger partial charge >= 0.3 is 0 Å². The molecule has 0 spiro atoms. The average molecular weight is 396 g/mol. The average Bonchev–Trinajstić information content (AvgIpc) is 2.42. The van der Waals surface area contributed by atoms with Gasteiger partial charge in [-0.3, -0.25) is 0 Å². The van der Waals surface area contributed by atoms with Crippen molar-refractivity contribution in [2.45, 2.75) is 0 Å². The molecule has 0 atom stereocenters. The molecule has 6 heteroatoms. The second-order valence-corrected chi connectivity index (χ2v) is 5.38. The summed E-state index contributed by atoms with van der Waals surface area (Å²) >= 11 is 7.97. The number of hydrogen-bond acceptors (Lipinski definition) is 4. The summed E-state index contributed by atoms with van der Waals surface area (Å²) in [4.78, 5) is 0. The van der Waals surface area contributed by atoms with Crippen LogP contribution in [0.4, 0.5) is 5.69 Å². The summed E-state index contributed by atoms with van der Waals surface area (Å²) in [6, 6.07) is 12.1. The molecular weight excluding hydrogens is 389 g/mol. The van der Waals surface area contributed by atoms with Crippen LogP contribution in [0.1, 0.15) is 11.1 Å². The lowest BCUT2D eigenvalue weighted by Crippen LogP contribution is -1.97. The Balaban J connectivity index is 2.50. The van der Waals surface area contributed by atoms with Crippen molar-refractivity contribution < 1.29 is 4.74 Å². The number of nitrogen functional groups attached to an aromatic ring is 1. The highest BCUT2D eigenvalue weighted by molar-refractivity contribution is 14.1. The highest BCUT2D eigenvalue weighted by Crippen LogP contribution is 2.36. The number of nitrogens with zero attached hydrogens (tertiary/aromatic N) is 2. The van der Waals surface area contributed by atoms with Crippen LogP contribution in [0.5, 0.6) is 11.5 Å². The summed E-state index contributed by atoms with van der Waals surface area (Å²) in [5, 5.41) is 18.3. The number of nitrogens with two attached hydrogens (primary N) is 1. The third kappa shape index (κ3) is 2.79. The zero-order valence-electron chi connectivity index (χ0n) is 10.0. The second-order valence-electron chi connectivity index (χ2n) is 3.82. The molecule has 2 N–H and O–H groups in total. The van der Waals surface area contributed by atoms with Gasteiger partial charge in [0.05, 0.1) is 25.9 Å². The first-order valence-electron chi connectivity index (χ1n) is 5.42. The molecule has 0 aliphatic carbocycles. The van der Waals surface area contributed by atoms with Gasteiger partial charge < -0.3 is 10.5 Å². The SMILES string of the molecule is N#Cc1cc(N)c(Oc2cccc(Cl)c2C#N)c(I)c1. The van der Waals surface area contributed by atoms with E-state index in [0.29, 0.717) is 31.3 Å². The van der Waals surface area contributed by atoms with Gasteiger partial charge in [0.2, 0.25) is 0 Å². The van der Waals surface area contributed by atoms with Gasteiger partial charge in [0.1, 0.15) is 17.4 Å². The first kappa shape index (κ1) is 14.4. The van der Waals surface area contributed by atoms with E-state index < -0.39 is 0 Å². The van der Waals surface area contributed by atoms with Crippen LogP contribution in [0.15, 0.2) is 30.3 Å². The Morgan fingerprint density at radius 2 is 1.95 bits per heavy atom. The molecule has 0 bridgehead atoms. The first-order chi connectivity index (χ1) is 9.56. The molecule has 0 aliphatic rings. The lowest BCUT2D eigenvalue weighted by atomic mass is 10.2. The smallest absolute Gasteiger partial charge is 0.163 e. The lowest BCUT2D eigenvalue weighted by Gasteiger charge is -2.12. The zero-order chi connectivity index (χ0) is 14.7. The van der Waals surface area contributed by atoms with Crippen LogP contribution in [-0.2, 0) is 0 Å². The minimum absolute atomic E-state index is 0.244. The van der Waals surface area contributed by atoms with Crippen LogP contribution in [-0.4, -0.2) is 0 Å². The standard InChI is InChI=1S/C14H7ClIN3O/c15-10-2-1-3-13(9(10)7-18)20-14-11(16)4-8(6-17)5-12(14)19/h1-5H,19H2. The number of benzene rings is 2. The van der Waals surface area contributed by atoms with Gasteiger partial charge in [-0.15, -0.1) is 0 Å². The number of halogens is 2. The van der Waals surface area contributed by atoms with Crippen molar-refractivity contribution in [3.8, 4) is 23.6 Å². The number of anilines is 1. The summed E-state index contributed by atoms with van der Waals surface area (Å²) < 4.78 is 6.38. The van der Waals surface area contributed by atoms with E-state index in [1.165, 1.54) is 6.07 Å². The maximum absolute atomic E-state index is 9.11. The van der Waals surface area contributed by atoms with Crippen LogP contribution in [0.25, 0.3) is 0 Å². The maximum atomic E-state index is 9.11. The van der Waals surface area contributed by atoms with E-state index in [9.17, 15) is 0 Å². The van der Waals surface area contributed by atoms with Crippen molar-refractivity contribution in [3.05, 3.63) is 50.1 Å². The van der Waals surface area contributed by atoms with E-state index in [-0.39, 0.29) is 5.56 Å². The van der Waals surface area contributed by atoms with Gasteiger partial charge in [-0.1, -0.05) is 17.7 Å². The summed E-state index contributed by atoms with van der Waals surface area (Å²) in [7, 11) is 0. The Kier molecular flexibility index (Phi) is 4.33. The van der Waals surface area contributed by atoms with Gasteiger partial charge in [-0.05, 0) is 46.9 Å². The normalized spacial score (nSPS) is 9.60. The molecule has 0 amide bonds. The van der Waals surface area contributed by atoms with Crippen molar-refractivity contribution >= 4 is 39.9 Å². The van der Waals surface area contributed by atoms with E-state index in [4.69, 9.17) is 32.6 Å². The van der Waals surface area contributed by atoms with Crippen LogP contribution < -0.4 is 10.5 Å². The topological polar surface area (TPSA) is 82.8 Å². The van der Waals surface area contributed by atoms with E-state index in [2.05, 4.69) is 0 Å². The Morgan fingerprint density at radius 1 is 1.20 bits per heavy atom. The van der Waals surface area contributed by atoms with Crippen molar-refractivity contribution in [2.24, 2.45) is 0 Å². The summed E-state index contributed by atoms with van der Waals surface area (Å²) in [5.41, 5.74) is 6.90. The van der Waals surface area contributed by atoms with Gasteiger partial charge in [0, 0.05) is 0 Å². The summed E-state index contributed by atoms with van der Waals surface area (Å²) in [6.45, 7) is 0. The van der Waals surface area contributed by atoms with Crippen molar-refractivity contribution in [1.82, 2.24) is 0 Å². The lowest BCUT2D eigenvalue weighted by molar-refractivity contribution is 0.480. The Labute approximate surface area is 134 Å². The second kappa shape index (κ2) is 6.00. The zero-order valence-corrected chi connectivity index (χ0v) is 12.9. The molecule has 2 aromatic carbocycles. The Hall–Kier alpha value is -1.96. The van der Waals surface area contributed by atoms with E-state index in [1.54, 1.807) is 24.3 Å². The molecule has 0 saturated carbocycles. The number of hydrogen-bond donors (Lipinski definition) is 1. The first-order valence-corrected chi connectivity index (χ1v) is 6.88. The highest BCUT2D eigenvalue weighted by Gasteiger charge is 2.13. The highest BCUT2D eigenvalue weighted by atomic mass is 127. The molecule has 4 nitrogen and oxygen atoms in total. The monoisotopic (exact) mass is 395 g/mol. The molecule has 0 aliphatic heterocycles. The number of nitriles is 2. The Morgan fingerprint density at radius 3 is 2.55 bits per heavy atom. The molecule has 0 aromatic heterocycles. The quantitative estimate of drug-likeness (QED) is 0.614. The molecule has 0 fully saturated rings. The molecule has 0 heterocycles. The molecule has 0 radical (unpaired) electrons. The van der Waals surface area contributed by atoms with E-state index in [1.807, 2.05) is 34.7 Å². The summed E-state index contributed by atoms with van der Waals surface area (Å²) in [5.74, 6) is 0.734. The van der Waals surface area contributed by atoms with Crippen molar-refractivity contribution in [3.63, 3.8) is 0 Å². The molecule has 0 saturated heterocycles. The molecule has 0 unspecified atom stereocenters. The molecule has 2 rings (SSSR count). The van der Waals surface area contributed by atoms with Crippen LogP contribution in [0.3, 0.4) is 0 Å². The number of ether oxygens (including phenoxy) is 1. The van der Waals surface area contributed by atoms with Crippen LogP contribution in [0, 0.1) is 26.2 Å². The minimum Gasteiger partial charge on any atom is -0.453 e. The third-order valence-electron chi connectivity index (χ3n) is 2.50. The fraction of sp³-hybridized carbons (Fsp3) is 0. The molecule has 2 aromatic rings. The fourth-order valence-corrected chi connectivity index (χ4v) is 2.56. The largest absolute Gasteiger partial charge is 0.453 e. The van der Waals surface area contributed by atoms with Crippen molar-refractivity contribution in [1.29, 1.82) is 10.5 Å². The predicted molar refractivity (Wildman–Crippen MR) is 84.5 cm³/mol. The fourth-order valence-electron chi connectivity index (χ4n) is 1.59. The minimum atomic E-state index is 0.244. The van der Waals surface area contributed by atoms with Gasteiger partial charge in [0.25, 0.3) is 0 Å². The van der Waals surface area contributed by atoms with Gasteiger partial charge in [-0.2, -0.15) is 10.5 Å². The molecule has 20 heavy (non-hydrogen) atoms. The summed E-state index contributed by atoms with van der Waals surface area (Å²) in [6.07, 6.45) is 0. The van der Waals surface area contributed by atoms with Crippen LogP contribution >= 0.6 is 34.2 Å². The van der Waals surface area contributed by atoms with E-state index in [0.717, 1.165) is 0 Å². The van der Waals surface area contributed by atoms with E-state index >= 15 is 0 Å². The van der Waals surface area contributed by atoms with Crippen LogP contribution in [0.2, 0.25) is 5.02 Å². The molecule has 98 valence electrons. The molecular formula is C14H7ClIN3O. The predicted octanol–water partition coefficient (Wildman–Crippen LogP) is 4.06.